The summed E-state index contributed by atoms with van der Waals surface area (Å²) in [7, 11) is 0. The smallest absolute Gasteiger partial charge is 0.334 e. The van der Waals surface area contributed by atoms with Crippen LogP contribution < -0.4 is 0 Å². The first-order chi connectivity index (χ1) is 7.88. The van der Waals surface area contributed by atoms with E-state index in [4.69, 9.17) is 14.9 Å². The number of carboxylic acid groups (broad SMARTS) is 2. The summed E-state index contributed by atoms with van der Waals surface area (Å²) in [5.41, 5.74) is 0.0377. The maximum atomic E-state index is 11.4. The lowest BCUT2D eigenvalue weighted by Crippen LogP contribution is -2.12. The normalized spacial score (nSPS) is 9.24. The Hall–Kier alpha value is -2.11. The largest absolute Gasteiger partial charge is 0.481 e. The van der Waals surface area contributed by atoms with Gasteiger partial charge in [-0.25, -0.2) is 4.79 Å². The van der Waals surface area contributed by atoms with Crippen molar-refractivity contribution < 1.29 is 29.3 Å². The highest BCUT2D eigenvalue weighted by atomic mass is 16.5. The lowest BCUT2D eigenvalue weighted by molar-refractivity contribution is -0.137. The highest BCUT2D eigenvalue weighted by Gasteiger charge is 2.17. The fourth-order valence-electron chi connectivity index (χ4n) is 1.08. The van der Waals surface area contributed by atoms with E-state index in [0.29, 0.717) is 0 Å². The Morgan fingerprint density at radius 3 is 2.00 bits per heavy atom. The van der Waals surface area contributed by atoms with E-state index in [1.165, 1.54) is 13.0 Å². The Labute approximate surface area is 98.2 Å². The van der Waals surface area contributed by atoms with Crippen molar-refractivity contribution in [1.82, 2.24) is 0 Å². The Bertz CT molecular complexity index is 348. The van der Waals surface area contributed by atoms with Crippen molar-refractivity contribution in [2.75, 3.05) is 6.61 Å². The molecule has 0 bridgehead atoms. The molecule has 94 valence electrons. The van der Waals surface area contributed by atoms with Gasteiger partial charge in [-0.1, -0.05) is 12.7 Å². The molecule has 0 aromatic heterocycles. The van der Waals surface area contributed by atoms with Gasteiger partial charge in [0.2, 0.25) is 0 Å². The molecule has 0 radical (unpaired) electrons. The van der Waals surface area contributed by atoms with Gasteiger partial charge >= 0.3 is 17.9 Å². The zero-order valence-electron chi connectivity index (χ0n) is 9.43. The summed E-state index contributed by atoms with van der Waals surface area (Å²) in [4.78, 5) is 32.5. The topological polar surface area (TPSA) is 101 Å². The van der Waals surface area contributed by atoms with Gasteiger partial charge in [-0.2, -0.15) is 0 Å². The molecule has 0 saturated heterocycles. The van der Waals surface area contributed by atoms with Gasteiger partial charge < -0.3 is 14.9 Å². The van der Waals surface area contributed by atoms with E-state index >= 15 is 0 Å². The number of rotatable bonds is 7. The number of carbonyl (C=O) groups excluding carboxylic acids is 1. The van der Waals surface area contributed by atoms with Crippen molar-refractivity contribution in [2.45, 2.75) is 19.8 Å². The zero-order chi connectivity index (χ0) is 13.4. The SMILES string of the molecule is C=CCOC(=O)C(C)=C(CC(=O)O)CC(=O)O. The predicted molar refractivity (Wildman–Crippen MR) is 58.4 cm³/mol. The number of carbonyl (C=O) groups is 3. The number of ether oxygens (including phenoxy) is 1. The highest BCUT2D eigenvalue weighted by molar-refractivity contribution is 5.91. The summed E-state index contributed by atoms with van der Waals surface area (Å²) in [6, 6.07) is 0. The lowest BCUT2D eigenvalue weighted by Gasteiger charge is -2.07. The monoisotopic (exact) mass is 242 g/mol. The molecule has 0 rings (SSSR count). The molecule has 0 spiro atoms. The summed E-state index contributed by atoms with van der Waals surface area (Å²) < 4.78 is 4.70. The molecule has 6 nitrogen and oxygen atoms in total. The third-order valence-electron chi connectivity index (χ3n) is 1.90. The fraction of sp³-hybridized carbons (Fsp3) is 0.364. The number of hydrogen-bond donors (Lipinski definition) is 2. The van der Waals surface area contributed by atoms with Crippen molar-refractivity contribution in [3.8, 4) is 0 Å². The highest BCUT2D eigenvalue weighted by Crippen LogP contribution is 2.15. The summed E-state index contributed by atoms with van der Waals surface area (Å²) in [6.07, 6.45) is 0.363. The van der Waals surface area contributed by atoms with E-state index in [1.807, 2.05) is 0 Å². The zero-order valence-corrected chi connectivity index (χ0v) is 9.43. The standard InChI is InChI=1S/C11H14O6/c1-3-4-17-11(16)7(2)8(5-9(12)13)6-10(14)15/h3H,1,4-6H2,2H3,(H,12,13)(H,14,15). The molecule has 17 heavy (non-hydrogen) atoms. The van der Waals surface area contributed by atoms with Gasteiger partial charge in [0.1, 0.15) is 6.61 Å². The van der Waals surface area contributed by atoms with Crippen LogP contribution in [0.4, 0.5) is 0 Å². The van der Waals surface area contributed by atoms with Gasteiger partial charge in [-0.15, -0.1) is 0 Å². The van der Waals surface area contributed by atoms with Crippen molar-refractivity contribution in [1.29, 1.82) is 0 Å². The van der Waals surface area contributed by atoms with Crippen molar-refractivity contribution >= 4 is 17.9 Å². The summed E-state index contributed by atoms with van der Waals surface area (Å²) in [5, 5.41) is 17.2. The van der Waals surface area contributed by atoms with Gasteiger partial charge in [0, 0.05) is 5.57 Å². The molecule has 0 fully saturated rings. The molecule has 2 N–H and O–H groups in total. The molecular weight excluding hydrogens is 228 g/mol. The number of esters is 1. The molecule has 0 aromatic carbocycles. The maximum absolute atomic E-state index is 11.4. The average molecular weight is 242 g/mol. The van der Waals surface area contributed by atoms with Crippen LogP contribution in [0.15, 0.2) is 23.8 Å². The van der Waals surface area contributed by atoms with Crippen LogP contribution in [0.3, 0.4) is 0 Å². The van der Waals surface area contributed by atoms with Crippen molar-refractivity contribution in [2.24, 2.45) is 0 Å². The van der Waals surface area contributed by atoms with E-state index < -0.39 is 30.7 Å². The van der Waals surface area contributed by atoms with E-state index in [1.54, 1.807) is 0 Å². The molecule has 0 aromatic rings. The maximum Gasteiger partial charge on any atom is 0.334 e. The van der Waals surface area contributed by atoms with Gasteiger partial charge in [-0.3, -0.25) is 9.59 Å². The number of carboxylic acids is 2. The van der Waals surface area contributed by atoms with E-state index in [0.717, 1.165) is 0 Å². The molecule has 0 aliphatic heterocycles. The van der Waals surface area contributed by atoms with Crippen molar-refractivity contribution in [3.63, 3.8) is 0 Å². The minimum atomic E-state index is -1.20. The minimum Gasteiger partial charge on any atom is -0.481 e. The molecule has 0 atom stereocenters. The van der Waals surface area contributed by atoms with Crippen LogP contribution in [0.1, 0.15) is 19.8 Å². The summed E-state index contributed by atoms with van der Waals surface area (Å²) in [5.74, 6) is -3.13. The Kier molecular flexibility index (Phi) is 6.32. The minimum absolute atomic E-state index is 0.0103. The average Bonchev–Trinajstić information content (AvgIpc) is 2.22. The molecule has 0 aliphatic carbocycles. The van der Waals surface area contributed by atoms with Crippen LogP contribution in [0.25, 0.3) is 0 Å². The summed E-state index contributed by atoms with van der Waals surface area (Å²) in [6.45, 7) is 4.68. The molecule has 0 heterocycles. The predicted octanol–water partition coefficient (Wildman–Crippen LogP) is 0.982. The van der Waals surface area contributed by atoms with Gasteiger partial charge in [0.05, 0.1) is 12.8 Å². The van der Waals surface area contributed by atoms with Crippen molar-refractivity contribution in [3.05, 3.63) is 23.8 Å². The Morgan fingerprint density at radius 2 is 1.65 bits per heavy atom. The third kappa shape index (κ3) is 6.14. The van der Waals surface area contributed by atoms with E-state index in [9.17, 15) is 14.4 Å². The molecular formula is C11H14O6. The first-order valence-corrected chi connectivity index (χ1v) is 4.78. The second-order valence-electron chi connectivity index (χ2n) is 3.26. The summed E-state index contributed by atoms with van der Waals surface area (Å²) >= 11 is 0. The fourth-order valence-corrected chi connectivity index (χ4v) is 1.08. The van der Waals surface area contributed by atoms with E-state index in [-0.39, 0.29) is 17.8 Å². The van der Waals surface area contributed by atoms with Crippen LogP contribution in [-0.4, -0.2) is 34.7 Å². The van der Waals surface area contributed by atoms with Crippen LogP contribution in [0.5, 0.6) is 0 Å². The van der Waals surface area contributed by atoms with E-state index in [2.05, 4.69) is 6.58 Å². The van der Waals surface area contributed by atoms with Crippen LogP contribution >= 0.6 is 0 Å². The quantitative estimate of drug-likeness (QED) is 0.392. The second kappa shape index (κ2) is 7.21. The first-order valence-electron chi connectivity index (χ1n) is 4.78. The number of hydrogen-bond acceptors (Lipinski definition) is 4. The Morgan fingerprint density at radius 1 is 1.18 bits per heavy atom. The van der Waals surface area contributed by atoms with Crippen LogP contribution in [0.2, 0.25) is 0 Å². The Balaban J connectivity index is 4.92. The van der Waals surface area contributed by atoms with Crippen LogP contribution in [0, 0.1) is 0 Å². The molecule has 0 aliphatic rings. The first kappa shape index (κ1) is 14.9. The molecule has 6 heteroatoms. The molecule has 0 unspecified atom stereocenters. The molecule has 0 saturated carbocycles. The van der Waals surface area contributed by atoms with Gasteiger partial charge in [0.25, 0.3) is 0 Å². The van der Waals surface area contributed by atoms with Gasteiger partial charge in [-0.05, 0) is 12.5 Å². The second-order valence-corrected chi connectivity index (χ2v) is 3.26. The van der Waals surface area contributed by atoms with Gasteiger partial charge in [0.15, 0.2) is 0 Å². The molecule has 0 amide bonds. The third-order valence-corrected chi connectivity index (χ3v) is 1.90. The van der Waals surface area contributed by atoms with Crippen LogP contribution in [-0.2, 0) is 19.1 Å². The number of aliphatic carboxylic acids is 2. The lowest BCUT2D eigenvalue weighted by atomic mass is 10.0.